The first kappa shape index (κ1) is 16.0. The molecule has 0 aliphatic heterocycles. The summed E-state index contributed by atoms with van der Waals surface area (Å²) < 4.78 is 20.5. The summed E-state index contributed by atoms with van der Waals surface area (Å²) in [6.45, 7) is 0.00502. The molecule has 6 heteroatoms. The van der Waals surface area contributed by atoms with Crippen LogP contribution in [0.15, 0.2) is 51.4 Å². The molecular weight excluding hydrogens is 405 g/mol. The van der Waals surface area contributed by atoms with Gasteiger partial charge >= 0.3 is 0 Å². The smallest absolute Gasteiger partial charge is 0.258 e. The molecule has 21 heavy (non-hydrogen) atoms. The number of hydrogen-bond donors (Lipinski definition) is 1. The van der Waals surface area contributed by atoms with Gasteiger partial charge < -0.3 is 10.1 Å². The first-order valence-electron chi connectivity index (χ1n) is 6.13. The number of carbonyl (C=O) groups excluding carboxylic acids is 1. The zero-order valence-corrected chi connectivity index (χ0v) is 14.1. The highest BCUT2D eigenvalue weighted by molar-refractivity contribution is 9.10. The summed E-state index contributed by atoms with van der Waals surface area (Å²) in [7, 11) is 0. The Bertz CT molecular complexity index is 632. The lowest BCUT2D eigenvalue weighted by Gasteiger charge is -2.08. The summed E-state index contributed by atoms with van der Waals surface area (Å²) in [5, 5.41) is 2.61. The average molecular weight is 417 g/mol. The fourth-order valence-corrected chi connectivity index (χ4v) is 2.28. The van der Waals surface area contributed by atoms with Gasteiger partial charge in [-0.3, -0.25) is 4.79 Å². The lowest BCUT2D eigenvalue weighted by molar-refractivity contribution is -0.123. The molecular formula is C15H12Br2FNO2. The topological polar surface area (TPSA) is 38.3 Å². The Morgan fingerprint density at radius 1 is 1.10 bits per heavy atom. The minimum Gasteiger partial charge on any atom is -0.484 e. The highest BCUT2D eigenvalue weighted by atomic mass is 79.9. The summed E-state index contributed by atoms with van der Waals surface area (Å²) in [6, 6.07) is 11.7. The lowest BCUT2D eigenvalue weighted by Crippen LogP contribution is -2.28. The zero-order chi connectivity index (χ0) is 15.2. The minimum atomic E-state index is -0.354. The van der Waals surface area contributed by atoms with Crippen LogP contribution in [0.25, 0.3) is 0 Å². The van der Waals surface area contributed by atoms with Crippen molar-refractivity contribution in [2.24, 2.45) is 0 Å². The molecule has 0 saturated carbocycles. The molecule has 0 radical (unpaired) electrons. The van der Waals surface area contributed by atoms with Gasteiger partial charge in [-0.2, -0.15) is 0 Å². The quantitative estimate of drug-likeness (QED) is 0.798. The SMILES string of the molecule is O=C(COc1ccc(Br)cc1)NCc1cc(Br)ccc1F. The van der Waals surface area contributed by atoms with Crippen molar-refractivity contribution in [1.29, 1.82) is 0 Å². The molecule has 0 heterocycles. The molecule has 2 rings (SSSR count). The van der Waals surface area contributed by atoms with Crippen molar-refractivity contribution in [3.05, 3.63) is 62.8 Å². The lowest BCUT2D eigenvalue weighted by atomic mass is 10.2. The standard InChI is InChI=1S/C15H12Br2FNO2/c16-11-1-4-13(5-2-11)21-9-15(20)19-8-10-7-12(17)3-6-14(10)18/h1-7H,8-9H2,(H,19,20). The van der Waals surface area contributed by atoms with E-state index in [1.54, 1.807) is 24.3 Å². The van der Waals surface area contributed by atoms with Gasteiger partial charge in [0, 0.05) is 21.1 Å². The number of carbonyl (C=O) groups is 1. The van der Waals surface area contributed by atoms with E-state index in [1.165, 1.54) is 6.07 Å². The van der Waals surface area contributed by atoms with Gasteiger partial charge in [0.1, 0.15) is 11.6 Å². The van der Waals surface area contributed by atoms with Gasteiger partial charge in [0.15, 0.2) is 6.61 Å². The van der Waals surface area contributed by atoms with Crippen molar-refractivity contribution in [3.63, 3.8) is 0 Å². The van der Waals surface area contributed by atoms with Gasteiger partial charge in [-0.05, 0) is 42.5 Å². The molecule has 0 aliphatic carbocycles. The van der Waals surface area contributed by atoms with E-state index < -0.39 is 0 Å². The zero-order valence-electron chi connectivity index (χ0n) is 10.9. The van der Waals surface area contributed by atoms with Crippen LogP contribution in [-0.2, 0) is 11.3 Å². The molecule has 3 nitrogen and oxygen atoms in total. The number of halogens is 3. The highest BCUT2D eigenvalue weighted by Crippen LogP contribution is 2.16. The molecule has 0 aliphatic rings. The Balaban J connectivity index is 1.82. The van der Waals surface area contributed by atoms with Gasteiger partial charge in [0.25, 0.3) is 5.91 Å². The van der Waals surface area contributed by atoms with Crippen molar-refractivity contribution >= 4 is 37.8 Å². The third kappa shape index (κ3) is 5.13. The number of amides is 1. The maximum atomic E-state index is 13.5. The Morgan fingerprint density at radius 2 is 1.76 bits per heavy atom. The van der Waals surface area contributed by atoms with Gasteiger partial charge in [0.05, 0.1) is 0 Å². The normalized spacial score (nSPS) is 10.2. The van der Waals surface area contributed by atoms with Gasteiger partial charge in [-0.1, -0.05) is 31.9 Å². The number of hydrogen-bond acceptors (Lipinski definition) is 2. The van der Waals surface area contributed by atoms with Crippen molar-refractivity contribution < 1.29 is 13.9 Å². The molecule has 1 amide bonds. The van der Waals surface area contributed by atoms with Crippen molar-refractivity contribution in [3.8, 4) is 5.75 Å². The van der Waals surface area contributed by atoms with E-state index in [0.29, 0.717) is 11.3 Å². The Kier molecular flexibility index (Phi) is 5.76. The van der Waals surface area contributed by atoms with Crippen molar-refractivity contribution in [1.82, 2.24) is 5.32 Å². The first-order valence-corrected chi connectivity index (χ1v) is 7.72. The van der Waals surface area contributed by atoms with Crippen LogP contribution < -0.4 is 10.1 Å². The van der Waals surface area contributed by atoms with Crippen LogP contribution >= 0.6 is 31.9 Å². The largest absolute Gasteiger partial charge is 0.484 e. The summed E-state index contributed by atoms with van der Waals surface area (Å²) >= 11 is 6.58. The Morgan fingerprint density at radius 3 is 2.48 bits per heavy atom. The summed E-state index contributed by atoms with van der Waals surface area (Å²) in [5.41, 5.74) is 0.418. The highest BCUT2D eigenvalue weighted by Gasteiger charge is 2.06. The molecule has 0 bridgehead atoms. The van der Waals surface area contributed by atoms with Crippen molar-refractivity contribution in [2.75, 3.05) is 6.61 Å². The fourth-order valence-electron chi connectivity index (χ4n) is 1.60. The molecule has 0 unspecified atom stereocenters. The van der Waals surface area contributed by atoms with Crippen molar-refractivity contribution in [2.45, 2.75) is 6.54 Å². The maximum Gasteiger partial charge on any atom is 0.258 e. The van der Waals surface area contributed by atoms with Crippen LogP contribution in [-0.4, -0.2) is 12.5 Å². The molecule has 110 valence electrons. The van der Waals surface area contributed by atoms with Gasteiger partial charge in [-0.25, -0.2) is 4.39 Å². The second-order valence-corrected chi connectivity index (χ2v) is 6.09. The molecule has 0 aromatic heterocycles. The van der Waals surface area contributed by atoms with E-state index in [9.17, 15) is 9.18 Å². The van der Waals surface area contributed by atoms with Crippen LogP contribution in [0.2, 0.25) is 0 Å². The second-order valence-electron chi connectivity index (χ2n) is 4.26. The summed E-state index contributed by atoms with van der Waals surface area (Å²) in [5.74, 6) is -0.0633. The molecule has 2 aromatic rings. The third-order valence-corrected chi connectivity index (χ3v) is 3.69. The fraction of sp³-hybridized carbons (Fsp3) is 0.133. The van der Waals surface area contributed by atoms with E-state index in [0.717, 1.165) is 8.95 Å². The predicted octanol–water partition coefficient (Wildman–Crippen LogP) is 4.05. The average Bonchev–Trinajstić information content (AvgIpc) is 2.47. The molecule has 0 atom stereocenters. The molecule has 0 saturated heterocycles. The van der Waals surface area contributed by atoms with E-state index in [4.69, 9.17) is 4.74 Å². The molecule has 0 spiro atoms. The summed E-state index contributed by atoms with van der Waals surface area (Å²) in [4.78, 5) is 11.7. The summed E-state index contributed by atoms with van der Waals surface area (Å²) in [6.07, 6.45) is 0. The second kappa shape index (κ2) is 7.56. The number of ether oxygens (including phenoxy) is 1. The van der Waals surface area contributed by atoms with E-state index in [1.807, 2.05) is 12.1 Å². The first-order chi connectivity index (χ1) is 10.0. The van der Waals surface area contributed by atoms with Gasteiger partial charge in [0.2, 0.25) is 0 Å². The predicted molar refractivity (Wildman–Crippen MR) is 85.6 cm³/mol. The molecule has 1 N–H and O–H groups in total. The number of nitrogens with one attached hydrogen (secondary N) is 1. The van der Waals surface area contributed by atoms with Crippen LogP contribution in [0, 0.1) is 5.82 Å². The minimum absolute atomic E-state index is 0.114. The van der Waals surface area contributed by atoms with E-state index in [2.05, 4.69) is 37.2 Å². The molecule has 0 fully saturated rings. The van der Waals surface area contributed by atoms with Crippen LogP contribution in [0.3, 0.4) is 0 Å². The van der Waals surface area contributed by atoms with E-state index in [-0.39, 0.29) is 24.9 Å². The third-order valence-electron chi connectivity index (χ3n) is 2.67. The van der Waals surface area contributed by atoms with Crippen LogP contribution in [0.1, 0.15) is 5.56 Å². The van der Waals surface area contributed by atoms with E-state index >= 15 is 0 Å². The monoisotopic (exact) mass is 415 g/mol. The number of benzene rings is 2. The number of rotatable bonds is 5. The maximum absolute atomic E-state index is 13.5. The molecule has 2 aromatic carbocycles. The Hall–Kier alpha value is -1.40. The van der Waals surface area contributed by atoms with Gasteiger partial charge in [-0.15, -0.1) is 0 Å². The van der Waals surface area contributed by atoms with Crippen LogP contribution in [0.5, 0.6) is 5.75 Å². The Labute approximate surface area is 138 Å². The van der Waals surface area contributed by atoms with Crippen LogP contribution in [0.4, 0.5) is 4.39 Å².